The molecule has 9 heteroatoms. The first-order valence-corrected chi connectivity index (χ1v) is 15.5. The Bertz CT molecular complexity index is 1640. The largest absolute Gasteiger partial charge is 0.363 e. The first-order chi connectivity index (χ1) is 20.7. The van der Waals surface area contributed by atoms with Gasteiger partial charge in [-0.3, -0.25) is 19.2 Å². The molecule has 4 aliphatic heterocycles. The van der Waals surface area contributed by atoms with Gasteiger partial charge in [-0.05, 0) is 68.8 Å². The van der Waals surface area contributed by atoms with Crippen LogP contribution in [0, 0.1) is 5.92 Å². The van der Waals surface area contributed by atoms with Crippen LogP contribution < -0.4 is 5.32 Å². The zero-order valence-corrected chi connectivity index (χ0v) is 24.8. The molecule has 1 aliphatic carbocycles. The molecule has 43 heavy (non-hydrogen) atoms. The molecule has 3 N–H and O–H groups in total. The Balaban J connectivity index is 1.08. The molecular formula is C34H39N5O4. The number of nitrogens with zero attached hydrogens (tertiary/aromatic N) is 3. The minimum Gasteiger partial charge on any atom is -0.363 e. The van der Waals surface area contributed by atoms with E-state index in [1.165, 1.54) is 21.4 Å². The number of aromatic nitrogens is 1. The number of benzene rings is 2. The summed E-state index contributed by atoms with van der Waals surface area (Å²) in [5.74, 6) is -2.65. The predicted molar refractivity (Wildman–Crippen MR) is 161 cm³/mol. The van der Waals surface area contributed by atoms with Crippen molar-refractivity contribution < 1.29 is 19.4 Å². The van der Waals surface area contributed by atoms with Crippen molar-refractivity contribution in [3.63, 3.8) is 0 Å². The standard InChI is InChI=1S/C34H39N5O4/c1-20-27(15-21-9-5-4-6-10-21)39-32(41)33(2,43-34(39,42)29-13-8-14-38(20)29)36-31(40)23-16-25-24-11-7-12-26-30(24)22(18-35-26)17-28(25)37(3)19-23/h4-7,9-12,18,23,25,27-29,35,42H,1,8,13-17,19H2,2-3H3,(H,36,40)/t23-,25?,27+,28-,29+,33+,34+/m1/s1. The van der Waals surface area contributed by atoms with Gasteiger partial charge in [-0.1, -0.05) is 49.0 Å². The van der Waals surface area contributed by atoms with E-state index in [-0.39, 0.29) is 17.7 Å². The molecule has 8 rings (SSSR count). The third-order valence-electron chi connectivity index (χ3n) is 10.8. The van der Waals surface area contributed by atoms with Crippen molar-refractivity contribution >= 4 is 22.7 Å². The summed E-state index contributed by atoms with van der Waals surface area (Å²) < 4.78 is 6.36. The zero-order valence-electron chi connectivity index (χ0n) is 24.8. The van der Waals surface area contributed by atoms with Crippen LogP contribution in [-0.2, 0) is 27.2 Å². The highest BCUT2D eigenvalue weighted by molar-refractivity contribution is 5.93. The minimum atomic E-state index is -1.87. The van der Waals surface area contributed by atoms with Crippen molar-refractivity contribution in [3.8, 4) is 0 Å². The highest BCUT2D eigenvalue weighted by Crippen LogP contribution is 2.49. The van der Waals surface area contributed by atoms with Crippen LogP contribution >= 0.6 is 0 Å². The Morgan fingerprint density at radius 3 is 2.84 bits per heavy atom. The van der Waals surface area contributed by atoms with Crippen molar-refractivity contribution in [2.24, 2.45) is 5.92 Å². The van der Waals surface area contributed by atoms with Gasteiger partial charge >= 0.3 is 0 Å². The molecule has 9 nitrogen and oxygen atoms in total. The van der Waals surface area contributed by atoms with Gasteiger partial charge in [-0.2, -0.15) is 0 Å². The van der Waals surface area contributed by atoms with Crippen LogP contribution in [0.25, 0.3) is 10.9 Å². The number of fused-ring (bicyclic) bond motifs is 5. The number of aliphatic hydroxyl groups is 1. The van der Waals surface area contributed by atoms with Crippen molar-refractivity contribution in [2.75, 3.05) is 20.1 Å². The molecule has 1 unspecified atom stereocenters. The number of piperazine rings is 1. The van der Waals surface area contributed by atoms with E-state index in [2.05, 4.69) is 58.1 Å². The number of carbonyl (C=O) groups excluding carboxylic acids is 2. The summed E-state index contributed by atoms with van der Waals surface area (Å²) >= 11 is 0. The molecule has 0 saturated carbocycles. The monoisotopic (exact) mass is 581 g/mol. The average molecular weight is 582 g/mol. The Kier molecular flexibility index (Phi) is 5.90. The van der Waals surface area contributed by atoms with E-state index >= 15 is 0 Å². The van der Waals surface area contributed by atoms with E-state index in [0.29, 0.717) is 31.8 Å². The lowest BCUT2D eigenvalue weighted by molar-refractivity contribution is -0.315. The average Bonchev–Trinajstić information content (AvgIpc) is 3.70. The number of amides is 2. The van der Waals surface area contributed by atoms with Crippen LogP contribution in [0.15, 0.2) is 67.0 Å². The van der Waals surface area contributed by atoms with Gasteiger partial charge in [-0.15, -0.1) is 0 Å². The predicted octanol–water partition coefficient (Wildman–Crippen LogP) is 3.07. The van der Waals surface area contributed by atoms with Gasteiger partial charge in [0.15, 0.2) is 0 Å². The quantitative estimate of drug-likeness (QED) is 0.438. The molecule has 4 saturated heterocycles. The first-order valence-electron chi connectivity index (χ1n) is 15.5. The zero-order chi connectivity index (χ0) is 29.7. The van der Waals surface area contributed by atoms with Gasteiger partial charge in [-0.25, -0.2) is 0 Å². The lowest BCUT2D eigenvalue weighted by atomic mass is 9.72. The number of H-pyrrole nitrogens is 1. The third kappa shape index (κ3) is 3.87. The molecule has 3 aromatic rings. The van der Waals surface area contributed by atoms with Crippen molar-refractivity contribution in [1.82, 2.24) is 25.0 Å². The lowest BCUT2D eigenvalue weighted by Gasteiger charge is -2.51. The summed E-state index contributed by atoms with van der Waals surface area (Å²) in [5, 5.41) is 16.4. The summed E-state index contributed by atoms with van der Waals surface area (Å²) in [6, 6.07) is 15.7. The maximum atomic E-state index is 14.3. The number of ether oxygens (including phenoxy) is 1. The molecular weight excluding hydrogens is 542 g/mol. The van der Waals surface area contributed by atoms with Crippen molar-refractivity contribution in [2.45, 2.75) is 74.7 Å². The van der Waals surface area contributed by atoms with Crippen LogP contribution in [-0.4, -0.2) is 86.5 Å². The number of hydrogen-bond acceptors (Lipinski definition) is 6. The Morgan fingerprint density at radius 2 is 2.02 bits per heavy atom. The Hall–Kier alpha value is -3.66. The number of likely N-dealkylation sites (N-methyl/N-ethyl adjacent to an activating group) is 1. The van der Waals surface area contributed by atoms with Gasteiger partial charge in [0.05, 0.1) is 12.0 Å². The molecule has 0 bridgehead atoms. The summed E-state index contributed by atoms with van der Waals surface area (Å²) in [5.41, 5.74) is 3.89. The number of piperidine rings is 1. The molecule has 0 radical (unpaired) electrons. The lowest BCUT2D eigenvalue weighted by Crippen LogP contribution is -2.68. The minimum absolute atomic E-state index is 0.204. The summed E-state index contributed by atoms with van der Waals surface area (Å²) in [4.78, 5) is 37.6. The number of aromatic amines is 1. The number of nitrogens with one attached hydrogen (secondary N) is 2. The number of rotatable bonds is 4. The van der Waals surface area contributed by atoms with Crippen LogP contribution in [0.3, 0.4) is 0 Å². The fourth-order valence-electron chi connectivity index (χ4n) is 8.80. The van der Waals surface area contributed by atoms with Crippen molar-refractivity contribution in [3.05, 3.63) is 83.7 Å². The molecule has 5 heterocycles. The van der Waals surface area contributed by atoms with E-state index in [1.807, 2.05) is 30.3 Å². The highest BCUT2D eigenvalue weighted by atomic mass is 16.7. The van der Waals surface area contributed by atoms with Crippen LogP contribution in [0.5, 0.6) is 0 Å². The van der Waals surface area contributed by atoms with Gasteiger partial charge < -0.3 is 25.2 Å². The fourth-order valence-corrected chi connectivity index (χ4v) is 8.80. The van der Waals surface area contributed by atoms with E-state index in [4.69, 9.17) is 4.74 Å². The topological polar surface area (TPSA) is 101 Å². The van der Waals surface area contributed by atoms with E-state index in [0.717, 1.165) is 36.2 Å². The van der Waals surface area contributed by atoms with Crippen molar-refractivity contribution in [1.29, 1.82) is 0 Å². The van der Waals surface area contributed by atoms with Crippen LogP contribution in [0.4, 0.5) is 0 Å². The molecule has 224 valence electrons. The van der Waals surface area contributed by atoms with E-state index < -0.39 is 29.6 Å². The molecule has 2 amide bonds. The van der Waals surface area contributed by atoms with E-state index in [9.17, 15) is 14.7 Å². The first kappa shape index (κ1) is 26.9. The second kappa shape index (κ2) is 9.42. The molecule has 4 fully saturated rings. The molecule has 5 aliphatic rings. The normalized spacial score (nSPS) is 35.2. The smallest absolute Gasteiger partial charge is 0.280 e. The molecule has 2 aromatic carbocycles. The third-order valence-corrected chi connectivity index (χ3v) is 10.8. The second-order valence-electron chi connectivity index (χ2n) is 13.3. The molecule has 1 aromatic heterocycles. The SMILES string of the molecule is C=C1[C@H](Cc2ccccc2)N2C(=O)[C@@](C)(NC(=O)[C@@H]3CC4c5cccc6[nH]cc(c56)C[C@H]4N(C)C3)O[C@@]2(O)[C@@H]2CCCN12. The number of likely N-dealkylation sites (tertiary alicyclic amines) is 1. The number of carbonyl (C=O) groups is 2. The van der Waals surface area contributed by atoms with Gasteiger partial charge in [0.25, 0.3) is 11.8 Å². The highest BCUT2D eigenvalue weighted by Gasteiger charge is 2.68. The molecule has 0 spiro atoms. The maximum absolute atomic E-state index is 14.3. The fraction of sp³-hybridized carbons (Fsp3) is 0.471. The maximum Gasteiger partial charge on any atom is 0.280 e. The Labute approximate surface area is 251 Å². The van der Waals surface area contributed by atoms with E-state index in [1.54, 1.807) is 6.92 Å². The van der Waals surface area contributed by atoms with Gasteiger partial charge in [0.2, 0.25) is 11.6 Å². The van der Waals surface area contributed by atoms with Gasteiger partial charge in [0.1, 0.15) is 6.04 Å². The summed E-state index contributed by atoms with van der Waals surface area (Å²) in [6.45, 7) is 7.32. The Morgan fingerprint density at radius 1 is 1.21 bits per heavy atom. The van der Waals surface area contributed by atoms with Crippen LogP contribution in [0.1, 0.15) is 48.8 Å². The number of hydrogen-bond donors (Lipinski definition) is 3. The van der Waals surface area contributed by atoms with Gasteiger partial charge in [0, 0.05) is 47.8 Å². The second-order valence-corrected chi connectivity index (χ2v) is 13.3. The molecule has 7 atom stereocenters. The van der Waals surface area contributed by atoms with Crippen LogP contribution in [0.2, 0.25) is 0 Å². The summed E-state index contributed by atoms with van der Waals surface area (Å²) in [6.07, 6.45) is 5.78. The summed E-state index contributed by atoms with van der Waals surface area (Å²) in [7, 11) is 2.09.